The number of carbonyl (C=O) groups excluding carboxylic acids is 1. The number of hydrogen-bond donors (Lipinski definition) is 3. The van der Waals surface area contributed by atoms with Crippen LogP contribution in [0.1, 0.15) is 32.6 Å². The summed E-state index contributed by atoms with van der Waals surface area (Å²) in [5, 5.41) is 15.8. The maximum atomic E-state index is 15.3. The van der Waals surface area contributed by atoms with Crippen molar-refractivity contribution in [3.8, 4) is 17.2 Å². The van der Waals surface area contributed by atoms with Crippen molar-refractivity contribution in [2.45, 2.75) is 63.8 Å². The van der Waals surface area contributed by atoms with E-state index in [0.29, 0.717) is 16.1 Å². The highest BCUT2D eigenvalue weighted by Crippen LogP contribution is 2.48. The summed E-state index contributed by atoms with van der Waals surface area (Å²) in [6.07, 6.45) is -5.91. The lowest BCUT2D eigenvalue weighted by atomic mass is 10.1. The molecule has 14 nitrogen and oxygen atoms in total. The second-order valence-electron chi connectivity index (χ2n) is 10.7. The molecule has 1 aromatic heterocycles. The fraction of sp³-hybridized carbons (Fsp3) is 0.414. The van der Waals surface area contributed by atoms with Gasteiger partial charge in [-0.25, -0.2) is 9.36 Å². The summed E-state index contributed by atoms with van der Waals surface area (Å²) in [6.45, 7) is 4.10. The van der Waals surface area contributed by atoms with Gasteiger partial charge in [0, 0.05) is 12.7 Å². The molecule has 3 heterocycles. The third-order valence-corrected chi connectivity index (χ3v) is 8.45. The summed E-state index contributed by atoms with van der Waals surface area (Å²) >= 11 is 0. The van der Waals surface area contributed by atoms with Crippen LogP contribution in [-0.2, 0) is 29.9 Å². The standard InChI is InChI=1S/C29H33F2N4O10P/c1-17(2)43-26(37)18(3)34-46(39,45-20-7-5-4-6-8-20)42-15-23-25(36)29(30,31)27(44-23)35-12-11-24(33-28(35)38)32-14-19-9-10-21-22(13-19)41-16-40-21/h4-13,17-18,23,25,27,36H,14-16H2,1-3H3,(H,34,39)(H,32,33,38)/t18?,23-,25-,27-,46+/m1/s1. The van der Waals surface area contributed by atoms with Crippen LogP contribution in [0.5, 0.6) is 17.2 Å². The SMILES string of the molecule is CC(C)OC(=O)C(C)N[P@](=O)(OC[C@H]1O[C@@H](n2ccc(NCc3ccc4c(c3)OCO4)nc2=O)C(F)(F)[C@@H]1O)Oc1ccccc1. The van der Waals surface area contributed by atoms with Crippen LogP contribution < -0.4 is 30.1 Å². The molecule has 3 N–H and O–H groups in total. The van der Waals surface area contributed by atoms with E-state index in [1.807, 2.05) is 0 Å². The summed E-state index contributed by atoms with van der Waals surface area (Å²) < 4.78 is 76.8. The summed E-state index contributed by atoms with van der Waals surface area (Å²) in [4.78, 5) is 29.0. The van der Waals surface area contributed by atoms with Gasteiger partial charge in [-0.15, -0.1) is 0 Å². The van der Waals surface area contributed by atoms with Crippen molar-refractivity contribution in [3.05, 3.63) is 76.8 Å². The maximum absolute atomic E-state index is 15.3. The Morgan fingerprint density at radius 1 is 1.15 bits per heavy atom. The molecule has 248 valence electrons. The molecule has 0 radical (unpaired) electrons. The van der Waals surface area contributed by atoms with Gasteiger partial charge in [-0.2, -0.15) is 18.9 Å². The molecule has 3 aromatic rings. The number of hydrogen-bond acceptors (Lipinski definition) is 12. The largest absolute Gasteiger partial charge is 0.462 e. The molecule has 0 amide bonds. The van der Waals surface area contributed by atoms with Crippen LogP contribution in [-0.4, -0.2) is 64.3 Å². The summed E-state index contributed by atoms with van der Waals surface area (Å²) in [6, 6.07) is 13.2. The molecule has 5 atom stereocenters. The second kappa shape index (κ2) is 13.7. The van der Waals surface area contributed by atoms with E-state index in [1.54, 1.807) is 50.2 Å². The van der Waals surface area contributed by atoms with E-state index in [-0.39, 0.29) is 24.9 Å². The first-order chi connectivity index (χ1) is 21.8. The van der Waals surface area contributed by atoms with Crippen LogP contribution in [0, 0.1) is 0 Å². The predicted octanol–water partition coefficient (Wildman–Crippen LogP) is 3.61. The first-order valence-corrected chi connectivity index (χ1v) is 15.8. The van der Waals surface area contributed by atoms with Gasteiger partial charge >= 0.3 is 25.3 Å². The Hall–Kier alpha value is -4.08. The zero-order chi connectivity index (χ0) is 33.1. The van der Waals surface area contributed by atoms with Crippen molar-refractivity contribution in [2.75, 3.05) is 18.7 Å². The van der Waals surface area contributed by atoms with E-state index in [9.17, 15) is 19.3 Å². The molecule has 2 aromatic carbocycles. The van der Waals surface area contributed by atoms with Crippen molar-refractivity contribution in [2.24, 2.45) is 0 Å². The zero-order valence-corrected chi connectivity index (χ0v) is 25.9. The number of nitrogens with zero attached hydrogens (tertiary/aromatic N) is 2. The normalized spacial score (nSPS) is 21.8. The van der Waals surface area contributed by atoms with Gasteiger partial charge < -0.3 is 33.9 Å². The quantitative estimate of drug-likeness (QED) is 0.179. The third-order valence-electron chi connectivity index (χ3n) is 6.81. The van der Waals surface area contributed by atoms with Gasteiger partial charge in [-0.3, -0.25) is 13.9 Å². The molecule has 1 saturated heterocycles. The second-order valence-corrected chi connectivity index (χ2v) is 12.4. The van der Waals surface area contributed by atoms with Gasteiger partial charge in [0.2, 0.25) is 13.0 Å². The van der Waals surface area contributed by atoms with Crippen molar-refractivity contribution >= 4 is 19.5 Å². The lowest BCUT2D eigenvalue weighted by Gasteiger charge is -2.25. The van der Waals surface area contributed by atoms with Crippen LogP contribution in [0.25, 0.3) is 0 Å². The lowest BCUT2D eigenvalue weighted by Crippen LogP contribution is -2.42. The highest BCUT2D eigenvalue weighted by molar-refractivity contribution is 7.52. The topological polar surface area (TPSA) is 169 Å². The first kappa shape index (κ1) is 33.3. The van der Waals surface area contributed by atoms with Crippen LogP contribution in [0.4, 0.5) is 14.6 Å². The number of carbonyl (C=O) groups is 1. The minimum absolute atomic E-state index is 0.0868. The number of benzene rings is 2. The molecule has 5 rings (SSSR count). The van der Waals surface area contributed by atoms with Crippen LogP contribution in [0.15, 0.2) is 65.6 Å². The number of ether oxygens (including phenoxy) is 4. The smallest absolute Gasteiger partial charge is 0.459 e. The van der Waals surface area contributed by atoms with E-state index in [0.717, 1.165) is 11.8 Å². The number of fused-ring (bicyclic) bond motifs is 1. The van der Waals surface area contributed by atoms with E-state index < -0.39 is 62.5 Å². The number of rotatable bonds is 13. The number of nitrogens with one attached hydrogen (secondary N) is 2. The average Bonchev–Trinajstić information content (AvgIpc) is 3.56. The summed E-state index contributed by atoms with van der Waals surface area (Å²) in [7, 11) is -4.45. The van der Waals surface area contributed by atoms with Gasteiger partial charge in [-0.1, -0.05) is 24.3 Å². The minimum Gasteiger partial charge on any atom is -0.462 e. The van der Waals surface area contributed by atoms with Gasteiger partial charge in [-0.05, 0) is 56.7 Å². The number of aliphatic hydroxyl groups is 1. The van der Waals surface area contributed by atoms with Gasteiger partial charge in [0.15, 0.2) is 17.6 Å². The van der Waals surface area contributed by atoms with Gasteiger partial charge in [0.05, 0.1) is 12.7 Å². The van der Waals surface area contributed by atoms with E-state index >= 15 is 8.78 Å². The Labute approximate surface area is 262 Å². The fourth-order valence-corrected chi connectivity index (χ4v) is 6.05. The molecule has 0 aliphatic carbocycles. The Morgan fingerprint density at radius 3 is 2.61 bits per heavy atom. The molecule has 0 spiro atoms. The van der Waals surface area contributed by atoms with Crippen LogP contribution in [0.2, 0.25) is 0 Å². The molecule has 17 heteroatoms. The number of aliphatic hydroxyl groups excluding tert-OH is 1. The molecule has 0 bridgehead atoms. The number of anilines is 1. The van der Waals surface area contributed by atoms with Crippen LogP contribution >= 0.6 is 7.75 Å². The molecule has 1 fully saturated rings. The molecule has 2 aliphatic rings. The first-order valence-electron chi connectivity index (χ1n) is 14.2. The predicted molar refractivity (Wildman–Crippen MR) is 158 cm³/mol. The molecule has 2 aliphatic heterocycles. The molecular weight excluding hydrogens is 633 g/mol. The highest BCUT2D eigenvalue weighted by Gasteiger charge is 2.60. The van der Waals surface area contributed by atoms with Crippen molar-refractivity contribution in [1.29, 1.82) is 0 Å². The van der Waals surface area contributed by atoms with Gasteiger partial charge in [0.25, 0.3) is 0 Å². The Morgan fingerprint density at radius 2 is 1.89 bits per heavy atom. The third kappa shape index (κ3) is 7.65. The lowest BCUT2D eigenvalue weighted by molar-refractivity contribution is -0.149. The highest BCUT2D eigenvalue weighted by atomic mass is 31.2. The zero-order valence-electron chi connectivity index (χ0n) is 25.0. The van der Waals surface area contributed by atoms with Gasteiger partial charge in [0.1, 0.15) is 23.7 Å². The average molecular weight is 667 g/mol. The fourth-order valence-electron chi connectivity index (χ4n) is 4.55. The maximum Gasteiger partial charge on any atom is 0.459 e. The Bertz CT molecular complexity index is 1640. The summed E-state index contributed by atoms with van der Waals surface area (Å²) in [5.74, 6) is -3.37. The Balaban J connectivity index is 1.26. The minimum atomic E-state index is -4.45. The molecular formula is C29H33F2N4O10P. The number of alkyl halides is 2. The summed E-state index contributed by atoms with van der Waals surface area (Å²) in [5.41, 5.74) is -0.285. The number of esters is 1. The van der Waals surface area contributed by atoms with Crippen LogP contribution in [0.3, 0.4) is 0 Å². The monoisotopic (exact) mass is 666 g/mol. The number of aromatic nitrogens is 2. The van der Waals surface area contributed by atoms with E-state index in [4.69, 9.17) is 28.0 Å². The molecule has 0 saturated carbocycles. The van der Waals surface area contributed by atoms with E-state index in [1.165, 1.54) is 25.1 Å². The van der Waals surface area contributed by atoms with E-state index in [2.05, 4.69) is 15.4 Å². The van der Waals surface area contributed by atoms with Crippen molar-refractivity contribution in [3.63, 3.8) is 0 Å². The molecule has 1 unspecified atom stereocenters. The number of para-hydroxylation sites is 1. The number of halogens is 2. The molecule has 46 heavy (non-hydrogen) atoms. The van der Waals surface area contributed by atoms with Crippen molar-refractivity contribution in [1.82, 2.24) is 14.6 Å². The Kier molecular flexibility index (Phi) is 9.93. The van der Waals surface area contributed by atoms with Crippen molar-refractivity contribution < 1.29 is 51.2 Å².